The molecule has 2 fully saturated rings. The van der Waals surface area contributed by atoms with Crippen molar-refractivity contribution in [1.82, 2.24) is 19.6 Å². The lowest BCUT2D eigenvalue weighted by atomic mass is 9.91. The summed E-state index contributed by atoms with van der Waals surface area (Å²) < 4.78 is 10.7. The van der Waals surface area contributed by atoms with Crippen LogP contribution in [0, 0.1) is 5.92 Å². The van der Waals surface area contributed by atoms with Crippen molar-refractivity contribution < 1.29 is 38.6 Å². The number of rotatable bonds is 15. The molecule has 4 aromatic carbocycles. The van der Waals surface area contributed by atoms with E-state index in [2.05, 4.69) is 82.6 Å². The second-order valence-electron chi connectivity index (χ2n) is 21.0. The van der Waals surface area contributed by atoms with Crippen molar-refractivity contribution in [3.8, 4) is 0 Å². The highest BCUT2D eigenvalue weighted by atomic mass is 16.6. The van der Waals surface area contributed by atoms with Crippen molar-refractivity contribution in [2.24, 2.45) is 5.92 Å². The van der Waals surface area contributed by atoms with Crippen molar-refractivity contribution in [2.75, 3.05) is 13.1 Å². The minimum Gasteiger partial charge on any atom is -0.443 e. The molecule has 68 heavy (non-hydrogen) atoms. The number of imide groups is 2. The average molecular weight is 933 g/mol. The molecule has 6 rings (SSSR count). The Morgan fingerprint density at radius 3 is 1.34 bits per heavy atom. The van der Waals surface area contributed by atoms with Gasteiger partial charge in [-0.1, -0.05) is 121 Å². The SMILES string of the molecule is CC(C)(C)OC(=O)N1C(=O)C(C(O)CCN(Cc2ccccc2)Cc2ccccc2)CC1(C)C.CC(C)(C)OC(=O)N1C(=O)CCC1(C)C.O=CCCN(Cc1ccccc1)Cc1ccccc1. The summed E-state index contributed by atoms with van der Waals surface area (Å²) in [4.78, 5) is 66.8. The van der Waals surface area contributed by atoms with Gasteiger partial charge in [0.1, 0.15) is 17.5 Å². The molecule has 12 heteroatoms. The average Bonchev–Trinajstić information content (AvgIpc) is 3.69. The second-order valence-corrected chi connectivity index (χ2v) is 21.0. The van der Waals surface area contributed by atoms with E-state index in [1.54, 1.807) is 41.5 Å². The summed E-state index contributed by atoms with van der Waals surface area (Å²) in [6, 6.07) is 41.2. The molecule has 2 heterocycles. The zero-order chi connectivity index (χ0) is 50.1. The van der Waals surface area contributed by atoms with Gasteiger partial charge in [-0.05, 0) is 111 Å². The number of likely N-dealkylation sites (tertiary alicyclic amines) is 2. The summed E-state index contributed by atoms with van der Waals surface area (Å²) in [6.45, 7) is 22.8. The Kier molecular flexibility index (Phi) is 20.2. The van der Waals surface area contributed by atoms with Gasteiger partial charge in [-0.2, -0.15) is 0 Å². The Bertz CT molecular complexity index is 2100. The number of carbonyl (C=O) groups is 5. The third kappa shape index (κ3) is 18.1. The van der Waals surface area contributed by atoms with E-state index in [9.17, 15) is 29.1 Å². The molecule has 0 bridgehead atoms. The van der Waals surface area contributed by atoms with Gasteiger partial charge in [0.05, 0.1) is 12.0 Å². The first kappa shape index (κ1) is 54.9. The summed E-state index contributed by atoms with van der Waals surface area (Å²) in [5.74, 6) is -1.13. The van der Waals surface area contributed by atoms with Crippen LogP contribution in [-0.4, -0.2) is 96.5 Å². The molecule has 0 saturated carbocycles. The van der Waals surface area contributed by atoms with E-state index in [1.165, 1.54) is 32.1 Å². The molecule has 2 aliphatic rings. The van der Waals surface area contributed by atoms with Gasteiger partial charge in [0.2, 0.25) is 11.8 Å². The van der Waals surface area contributed by atoms with Gasteiger partial charge in [0.25, 0.3) is 0 Å². The minimum absolute atomic E-state index is 0.144. The number of ether oxygens (including phenoxy) is 2. The summed E-state index contributed by atoms with van der Waals surface area (Å²) in [7, 11) is 0. The molecule has 4 aromatic rings. The molecule has 368 valence electrons. The van der Waals surface area contributed by atoms with Gasteiger partial charge in [-0.3, -0.25) is 19.4 Å². The smallest absolute Gasteiger partial charge is 0.417 e. The number of aliphatic hydroxyl groups excluding tert-OH is 1. The number of aliphatic hydroxyl groups is 1. The molecule has 0 aliphatic carbocycles. The Hall–Kier alpha value is -5.69. The van der Waals surface area contributed by atoms with Crippen LogP contribution in [0.5, 0.6) is 0 Å². The minimum atomic E-state index is -0.840. The molecule has 1 N–H and O–H groups in total. The Balaban J connectivity index is 0.000000249. The number of hydrogen-bond donors (Lipinski definition) is 1. The lowest BCUT2D eigenvalue weighted by molar-refractivity contribution is -0.135. The fourth-order valence-electron chi connectivity index (χ4n) is 8.30. The molecule has 2 unspecified atom stereocenters. The molecule has 0 radical (unpaired) electrons. The highest BCUT2D eigenvalue weighted by molar-refractivity contribution is 5.97. The molecule has 0 aromatic heterocycles. The van der Waals surface area contributed by atoms with Crippen LogP contribution in [-0.2, 0) is 50.0 Å². The van der Waals surface area contributed by atoms with Crippen molar-refractivity contribution in [2.45, 2.75) is 156 Å². The monoisotopic (exact) mass is 933 g/mol. The fourth-order valence-corrected chi connectivity index (χ4v) is 8.30. The molecule has 0 spiro atoms. The molecule has 4 amide bonds. The Morgan fingerprint density at radius 1 is 0.632 bits per heavy atom. The summed E-state index contributed by atoms with van der Waals surface area (Å²) in [5.41, 5.74) is 2.58. The maximum Gasteiger partial charge on any atom is 0.417 e. The van der Waals surface area contributed by atoms with Crippen LogP contribution in [0.15, 0.2) is 121 Å². The third-order valence-corrected chi connectivity index (χ3v) is 11.6. The molecule has 2 atom stereocenters. The maximum absolute atomic E-state index is 13.2. The number of nitrogens with zero attached hydrogens (tertiary/aromatic N) is 4. The van der Waals surface area contributed by atoms with E-state index in [0.717, 1.165) is 39.0 Å². The lowest BCUT2D eigenvalue weighted by Gasteiger charge is -2.31. The lowest BCUT2D eigenvalue weighted by Crippen LogP contribution is -2.48. The zero-order valence-corrected chi connectivity index (χ0v) is 42.2. The normalized spacial score (nSPS) is 16.9. The topological polar surface area (TPSA) is 137 Å². The zero-order valence-electron chi connectivity index (χ0n) is 42.2. The van der Waals surface area contributed by atoms with Gasteiger partial charge in [-0.15, -0.1) is 0 Å². The van der Waals surface area contributed by atoms with Crippen LogP contribution in [0.25, 0.3) is 0 Å². The van der Waals surface area contributed by atoms with Crippen LogP contribution in [0.2, 0.25) is 0 Å². The first-order valence-corrected chi connectivity index (χ1v) is 23.8. The van der Waals surface area contributed by atoms with Crippen LogP contribution in [0.1, 0.15) is 124 Å². The molecular weight excluding hydrogens is 857 g/mol. The van der Waals surface area contributed by atoms with Crippen molar-refractivity contribution in [3.05, 3.63) is 144 Å². The van der Waals surface area contributed by atoms with Gasteiger partial charge >= 0.3 is 12.2 Å². The summed E-state index contributed by atoms with van der Waals surface area (Å²) in [5, 5.41) is 11.0. The maximum atomic E-state index is 13.2. The highest BCUT2D eigenvalue weighted by Crippen LogP contribution is 2.38. The number of carbonyl (C=O) groups excluding carboxylic acids is 5. The Labute approximate surface area is 405 Å². The van der Waals surface area contributed by atoms with Gasteiger partial charge in [-0.25, -0.2) is 19.4 Å². The fraction of sp³-hybridized carbons (Fsp3) is 0.482. The van der Waals surface area contributed by atoms with E-state index in [-0.39, 0.29) is 11.8 Å². The summed E-state index contributed by atoms with van der Waals surface area (Å²) >= 11 is 0. The predicted molar refractivity (Wildman–Crippen MR) is 267 cm³/mol. The van der Waals surface area contributed by atoms with E-state index in [1.807, 2.05) is 76.2 Å². The van der Waals surface area contributed by atoms with E-state index < -0.39 is 46.5 Å². The first-order valence-electron chi connectivity index (χ1n) is 23.8. The van der Waals surface area contributed by atoms with Crippen LogP contribution >= 0.6 is 0 Å². The van der Waals surface area contributed by atoms with Crippen molar-refractivity contribution in [1.29, 1.82) is 0 Å². The van der Waals surface area contributed by atoms with E-state index in [4.69, 9.17) is 9.47 Å². The predicted octanol–water partition coefficient (Wildman–Crippen LogP) is 10.6. The van der Waals surface area contributed by atoms with E-state index in [0.29, 0.717) is 38.6 Å². The van der Waals surface area contributed by atoms with Crippen LogP contribution in [0.3, 0.4) is 0 Å². The first-order chi connectivity index (χ1) is 32.0. The largest absolute Gasteiger partial charge is 0.443 e. The van der Waals surface area contributed by atoms with Crippen molar-refractivity contribution in [3.63, 3.8) is 0 Å². The van der Waals surface area contributed by atoms with Gasteiger partial charge in [0.15, 0.2) is 0 Å². The van der Waals surface area contributed by atoms with Crippen LogP contribution in [0.4, 0.5) is 9.59 Å². The number of hydrogen-bond acceptors (Lipinski definition) is 10. The number of aldehydes is 1. The third-order valence-electron chi connectivity index (χ3n) is 11.6. The standard InChI is InChI=1S/C28H38N2O4.C17H19NO.C11H19NO3/c1-27(2,3)34-26(33)30-25(32)23(18-28(30,4)5)24(31)16-17-29(19-21-12-8-6-9-13-21)20-22-14-10-7-11-15-22;19-13-7-12-18(14-16-8-3-1-4-9-16)15-17-10-5-2-6-11-17;1-10(2,3)15-9(14)12-8(13)6-7-11(12,4)5/h6-15,23-24,31H,16-20H2,1-5H3;1-6,8-11,13H,7,12,14-15H2;6-7H2,1-5H3. The molecule has 2 saturated heterocycles. The second kappa shape index (κ2) is 25.1. The van der Waals surface area contributed by atoms with Crippen molar-refractivity contribution >= 4 is 30.3 Å². The van der Waals surface area contributed by atoms with Gasteiger partial charge in [0, 0.05) is 63.2 Å². The molecular formula is C56H76N4O8. The molecule has 12 nitrogen and oxygen atoms in total. The Morgan fingerprint density at radius 2 is 1.00 bits per heavy atom. The van der Waals surface area contributed by atoms with Crippen LogP contribution < -0.4 is 0 Å². The number of amides is 4. The number of benzene rings is 4. The quantitative estimate of drug-likeness (QED) is 0.115. The summed E-state index contributed by atoms with van der Waals surface area (Å²) in [6.07, 6.45) is 1.52. The van der Waals surface area contributed by atoms with Gasteiger partial charge < -0.3 is 19.4 Å². The highest BCUT2D eigenvalue weighted by Gasteiger charge is 2.52. The van der Waals surface area contributed by atoms with E-state index >= 15 is 0 Å². The molecule has 2 aliphatic heterocycles.